The molecule has 0 unspecified atom stereocenters. The van der Waals surface area contributed by atoms with Crippen molar-refractivity contribution in [3.8, 4) is 5.88 Å². The monoisotopic (exact) mass is 202 g/mol. The maximum atomic E-state index is 5.78. The summed E-state index contributed by atoms with van der Waals surface area (Å²) in [5.74, 6) is 0.669. The van der Waals surface area contributed by atoms with Crippen LogP contribution in [0.4, 0.5) is 0 Å². The summed E-state index contributed by atoms with van der Waals surface area (Å²) in [6, 6.07) is 3.85. The first kappa shape index (κ1) is 9.90. The van der Waals surface area contributed by atoms with Crippen molar-refractivity contribution in [1.29, 1.82) is 0 Å². The first-order valence-electron chi connectivity index (χ1n) is 4.94. The molecule has 0 amide bonds. The fourth-order valence-corrected chi connectivity index (χ4v) is 1.36. The summed E-state index contributed by atoms with van der Waals surface area (Å²) >= 11 is 0. The molecule has 78 valence electrons. The third-order valence-corrected chi connectivity index (χ3v) is 1.93. The molecule has 15 heavy (non-hydrogen) atoms. The summed E-state index contributed by atoms with van der Waals surface area (Å²) in [6.45, 7) is 6.03. The molecule has 0 saturated heterocycles. The Morgan fingerprint density at radius 1 is 1.13 bits per heavy atom. The maximum Gasteiger partial charge on any atom is 0.221 e. The van der Waals surface area contributed by atoms with E-state index in [1.807, 2.05) is 39.1 Å². The fourth-order valence-electron chi connectivity index (χ4n) is 1.36. The first-order valence-corrected chi connectivity index (χ1v) is 4.94. The van der Waals surface area contributed by atoms with Gasteiger partial charge >= 0.3 is 0 Å². The van der Waals surface area contributed by atoms with Crippen LogP contribution in [0.1, 0.15) is 20.8 Å². The number of ether oxygens (including phenoxy) is 1. The zero-order chi connectivity index (χ0) is 10.9. The molecule has 0 atom stereocenters. The molecule has 0 aliphatic rings. The molecule has 2 rings (SSSR count). The second kappa shape index (κ2) is 3.50. The maximum absolute atomic E-state index is 5.78. The lowest BCUT2D eigenvalue weighted by molar-refractivity contribution is 0.126. The highest BCUT2D eigenvalue weighted by Crippen LogP contribution is 2.24. The Hall–Kier alpha value is -1.64. The predicted molar refractivity (Wildman–Crippen MR) is 59.9 cm³/mol. The van der Waals surface area contributed by atoms with Crippen LogP contribution in [0.15, 0.2) is 30.7 Å². The summed E-state index contributed by atoms with van der Waals surface area (Å²) < 4.78 is 5.78. The van der Waals surface area contributed by atoms with Crippen LogP contribution >= 0.6 is 0 Å². The standard InChI is InChI=1S/C12H14N2O/c1-12(2,3)15-11-10-5-6-13-8-9(10)4-7-14-11/h4-8H,1-3H3. The van der Waals surface area contributed by atoms with Gasteiger partial charge in [-0.25, -0.2) is 4.98 Å². The number of rotatable bonds is 1. The quantitative estimate of drug-likeness (QED) is 0.713. The van der Waals surface area contributed by atoms with Crippen molar-refractivity contribution in [3.05, 3.63) is 30.7 Å². The van der Waals surface area contributed by atoms with Crippen molar-refractivity contribution >= 4 is 10.8 Å². The lowest BCUT2D eigenvalue weighted by Gasteiger charge is -2.21. The van der Waals surface area contributed by atoms with Gasteiger partial charge in [-0.1, -0.05) is 0 Å². The fraction of sp³-hybridized carbons (Fsp3) is 0.333. The summed E-state index contributed by atoms with van der Waals surface area (Å²) in [5, 5.41) is 2.05. The molecule has 3 nitrogen and oxygen atoms in total. The Morgan fingerprint density at radius 3 is 2.67 bits per heavy atom. The smallest absolute Gasteiger partial charge is 0.221 e. The molecule has 0 saturated carbocycles. The van der Waals surface area contributed by atoms with Crippen LogP contribution in [0.5, 0.6) is 5.88 Å². The van der Waals surface area contributed by atoms with Gasteiger partial charge in [0.2, 0.25) is 5.88 Å². The van der Waals surface area contributed by atoms with Crippen molar-refractivity contribution in [2.45, 2.75) is 26.4 Å². The van der Waals surface area contributed by atoms with Crippen LogP contribution in [0.2, 0.25) is 0 Å². The number of pyridine rings is 2. The highest BCUT2D eigenvalue weighted by molar-refractivity contribution is 5.85. The highest BCUT2D eigenvalue weighted by Gasteiger charge is 2.14. The van der Waals surface area contributed by atoms with Crippen LogP contribution in [-0.2, 0) is 0 Å². The average Bonchev–Trinajstić information content (AvgIpc) is 2.16. The Morgan fingerprint density at radius 2 is 1.93 bits per heavy atom. The van der Waals surface area contributed by atoms with E-state index >= 15 is 0 Å². The highest BCUT2D eigenvalue weighted by atomic mass is 16.5. The van der Waals surface area contributed by atoms with Crippen LogP contribution in [0, 0.1) is 0 Å². The van der Waals surface area contributed by atoms with E-state index in [-0.39, 0.29) is 5.60 Å². The van der Waals surface area contributed by atoms with E-state index in [0.717, 1.165) is 10.8 Å². The van der Waals surface area contributed by atoms with Crippen LogP contribution in [0.25, 0.3) is 10.8 Å². The Kier molecular flexibility index (Phi) is 2.31. The van der Waals surface area contributed by atoms with Gasteiger partial charge in [-0.2, -0.15) is 0 Å². The van der Waals surface area contributed by atoms with Gasteiger partial charge in [-0.3, -0.25) is 4.98 Å². The van der Waals surface area contributed by atoms with Crippen LogP contribution < -0.4 is 4.74 Å². The molecule has 0 aromatic carbocycles. The molecule has 0 bridgehead atoms. The minimum atomic E-state index is -0.232. The molecular formula is C12H14N2O. The molecule has 0 spiro atoms. The lowest BCUT2D eigenvalue weighted by Crippen LogP contribution is -2.23. The zero-order valence-electron chi connectivity index (χ0n) is 9.19. The Labute approximate surface area is 89.1 Å². The Bertz CT molecular complexity index is 469. The van der Waals surface area contributed by atoms with Crippen molar-refractivity contribution in [2.75, 3.05) is 0 Å². The molecule has 2 aromatic heterocycles. The Balaban J connectivity index is 2.52. The van der Waals surface area contributed by atoms with Gasteiger partial charge < -0.3 is 4.74 Å². The summed E-state index contributed by atoms with van der Waals surface area (Å²) in [7, 11) is 0. The first-order chi connectivity index (χ1) is 7.06. The van der Waals surface area contributed by atoms with Gasteiger partial charge in [-0.15, -0.1) is 0 Å². The second-order valence-corrected chi connectivity index (χ2v) is 4.43. The van der Waals surface area contributed by atoms with E-state index in [1.54, 1.807) is 12.4 Å². The third kappa shape index (κ3) is 2.24. The zero-order valence-corrected chi connectivity index (χ0v) is 9.19. The van der Waals surface area contributed by atoms with Gasteiger partial charge in [0, 0.05) is 29.4 Å². The van der Waals surface area contributed by atoms with E-state index in [1.165, 1.54) is 0 Å². The molecule has 0 aliphatic carbocycles. The van der Waals surface area contributed by atoms with E-state index < -0.39 is 0 Å². The van der Waals surface area contributed by atoms with Crippen molar-refractivity contribution < 1.29 is 4.74 Å². The summed E-state index contributed by atoms with van der Waals surface area (Å²) in [6.07, 6.45) is 5.30. The van der Waals surface area contributed by atoms with Gasteiger partial charge in [-0.05, 0) is 32.9 Å². The number of fused-ring (bicyclic) bond motifs is 1. The third-order valence-electron chi connectivity index (χ3n) is 1.93. The van der Waals surface area contributed by atoms with Gasteiger partial charge in [0.05, 0.1) is 0 Å². The lowest BCUT2D eigenvalue weighted by atomic mass is 10.2. The van der Waals surface area contributed by atoms with Crippen LogP contribution in [-0.4, -0.2) is 15.6 Å². The largest absolute Gasteiger partial charge is 0.471 e. The van der Waals surface area contributed by atoms with E-state index in [2.05, 4.69) is 9.97 Å². The van der Waals surface area contributed by atoms with Crippen molar-refractivity contribution in [3.63, 3.8) is 0 Å². The normalized spacial score (nSPS) is 11.7. The van der Waals surface area contributed by atoms with Gasteiger partial charge in [0.25, 0.3) is 0 Å². The SMILES string of the molecule is CC(C)(C)Oc1nccc2cnccc12. The number of hydrogen-bond donors (Lipinski definition) is 0. The number of aromatic nitrogens is 2. The average molecular weight is 202 g/mol. The minimum Gasteiger partial charge on any atom is -0.471 e. The van der Waals surface area contributed by atoms with E-state index in [9.17, 15) is 0 Å². The molecule has 0 radical (unpaired) electrons. The predicted octanol–water partition coefficient (Wildman–Crippen LogP) is 2.81. The minimum absolute atomic E-state index is 0.232. The van der Waals surface area contributed by atoms with Crippen molar-refractivity contribution in [1.82, 2.24) is 9.97 Å². The summed E-state index contributed by atoms with van der Waals surface area (Å²) in [4.78, 5) is 8.31. The molecule has 2 aromatic rings. The second-order valence-electron chi connectivity index (χ2n) is 4.43. The molecule has 0 fully saturated rings. The molecular weight excluding hydrogens is 188 g/mol. The van der Waals surface area contributed by atoms with Gasteiger partial charge in [0.1, 0.15) is 5.60 Å². The van der Waals surface area contributed by atoms with E-state index in [0.29, 0.717) is 5.88 Å². The molecule has 0 aliphatic heterocycles. The topological polar surface area (TPSA) is 35.0 Å². The molecule has 0 N–H and O–H groups in total. The van der Waals surface area contributed by atoms with E-state index in [4.69, 9.17) is 4.74 Å². The number of nitrogens with zero attached hydrogens (tertiary/aromatic N) is 2. The molecule has 2 heterocycles. The molecule has 3 heteroatoms. The number of hydrogen-bond acceptors (Lipinski definition) is 3. The van der Waals surface area contributed by atoms with Crippen LogP contribution in [0.3, 0.4) is 0 Å². The van der Waals surface area contributed by atoms with Crippen molar-refractivity contribution in [2.24, 2.45) is 0 Å². The summed E-state index contributed by atoms with van der Waals surface area (Å²) in [5.41, 5.74) is -0.232. The van der Waals surface area contributed by atoms with Gasteiger partial charge in [0.15, 0.2) is 0 Å².